The van der Waals surface area contributed by atoms with E-state index < -0.39 is 16.0 Å². The fraction of sp³-hybridized carbons (Fsp3) is 0.261. The highest BCUT2D eigenvalue weighted by molar-refractivity contribution is 7.92. The molecule has 0 aliphatic heterocycles. The first-order valence-corrected chi connectivity index (χ1v) is 11.3. The molecule has 0 bridgehead atoms. The van der Waals surface area contributed by atoms with Gasteiger partial charge in [0.05, 0.1) is 30.0 Å². The van der Waals surface area contributed by atoms with Gasteiger partial charge in [0.15, 0.2) is 0 Å². The van der Waals surface area contributed by atoms with Crippen molar-refractivity contribution in [3.63, 3.8) is 0 Å². The van der Waals surface area contributed by atoms with E-state index in [1.165, 1.54) is 16.6 Å². The topological polar surface area (TPSA) is 97.0 Å². The van der Waals surface area contributed by atoms with Gasteiger partial charge >= 0.3 is 5.97 Å². The van der Waals surface area contributed by atoms with Crippen LogP contribution in [0.3, 0.4) is 0 Å². The van der Waals surface area contributed by atoms with Gasteiger partial charge < -0.3 is 14.3 Å². The SMILES string of the molecule is Cc1ccc(N(Cc2ccco2)S(=O)(=O)c2ccc(OCCCC(=O)O)c(C)c2)cc1. The highest BCUT2D eigenvalue weighted by Crippen LogP contribution is 2.29. The number of aryl methyl sites for hydroxylation is 2. The minimum atomic E-state index is -3.88. The Morgan fingerprint density at radius 1 is 1.10 bits per heavy atom. The summed E-state index contributed by atoms with van der Waals surface area (Å²) in [6.45, 7) is 4.00. The van der Waals surface area contributed by atoms with Gasteiger partial charge in [-0.3, -0.25) is 9.10 Å². The molecular weight excluding hydrogens is 418 g/mol. The second-order valence-electron chi connectivity index (χ2n) is 7.20. The van der Waals surface area contributed by atoms with Crippen LogP contribution in [0.5, 0.6) is 5.75 Å². The Labute approximate surface area is 181 Å². The second-order valence-corrected chi connectivity index (χ2v) is 9.06. The van der Waals surface area contributed by atoms with E-state index in [1.54, 1.807) is 43.3 Å². The van der Waals surface area contributed by atoms with Gasteiger partial charge in [0, 0.05) is 6.42 Å². The van der Waals surface area contributed by atoms with Crippen LogP contribution in [0.1, 0.15) is 29.7 Å². The van der Waals surface area contributed by atoms with Crippen molar-refractivity contribution in [2.75, 3.05) is 10.9 Å². The van der Waals surface area contributed by atoms with Crippen molar-refractivity contribution in [2.45, 2.75) is 38.1 Å². The number of carbonyl (C=O) groups is 1. The number of ether oxygens (including phenoxy) is 1. The van der Waals surface area contributed by atoms with Gasteiger partial charge in [-0.25, -0.2) is 8.42 Å². The minimum absolute atomic E-state index is 0.0177. The Morgan fingerprint density at radius 3 is 2.45 bits per heavy atom. The summed E-state index contributed by atoms with van der Waals surface area (Å²) in [6.07, 6.45) is 1.90. The number of hydrogen-bond acceptors (Lipinski definition) is 5. The molecule has 3 rings (SSSR count). The molecule has 2 aromatic carbocycles. The van der Waals surface area contributed by atoms with Crippen LogP contribution in [-0.4, -0.2) is 26.1 Å². The Bertz CT molecular complexity index is 1120. The van der Waals surface area contributed by atoms with Crippen LogP contribution in [0.4, 0.5) is 5.69 Å². The van der Waals surface area contributed by atoms with Crippen LogP contribution in [0.15, 0.2) is 70.2 Å². The van der Waals surface area contributed by atoms with E-state index in [0.29, 0.717) is 29.2 Å². The van der Waals surface area contributed by atoms with E-state index in [1.807, 2.05) is 19.1 Å². The average molecular weight is 444 g/mol. The van der Waals surface area contributed by atoms with Gasteiger partial charge in [-0.2, -0.15) is 0 Å². The number of rotatable bonds is 10. The third kappa shape index (κ3) is 5.67. The Balaban J connectivity index is 1.87. The van der Waals surface area contributed by atoms with Gasteiger partial charge in [0.1, 0.15) is 11.5 Å². The highest BCUT2D eigenvalue weighted by atomic mass is 32.2. The molecule has 0 unspecified atom stereocenters. The molecule has 1 aromatic heterocycles. The Morgan fingerprint density at radius 2 is 1.84 bits per heavy atom. The zero-order valence-electron chi connectivity index (χ0n) is 17.4. The predicted octanol–water partition coefficient (Wildman–Crippen LogP) is 4.54. The first kappa shape index (κ1) is 22.4. The molecule has 0 saturated heterocycles. The van der Waals surface area contributed by atoms with Crippen molar-refractivity contribution in [3.05, 3.63) is 77.7 Å². The first-order valence-electron chi connectivity index (χ1n) is 9.84. The standard InChI is InChI=1S/C23H25NO6S/c1-17-7-9-19(10-8-17)24(16-20-5-3-13-29-20)31(27,28)21-11-12-22(18(2)15-21)30-14-4-6-23(25)26/h3,5,7-13,15H,4,6,14,16H2,1-2H3,(H,25,26). The summed E-state index contributed by atoms with van der Waals surface area (Å²) in [5.74, 6) is 0.172. The molecule has 0 spiro atoms. The summed E-state index contributed by atoms with van der Waals surface area (Å²) < 4.78 is 39.4. The molecule has 7 nitrogen and oxygen atoms in total. The second kappa shape index (κ2) is 9.70. The smallest absolute Gasteiger partial charge is 0.303 e. The molecule has 0 atom stereocenters. The lowest BCUT2D eigenvalue weighted by Crippen LogP contribution is -2.30. The average Bonchev–Trinajstić information content (AvgIpc) is 3.24. The van der Waals surface area contributed by atoms with Gasteiger partial charge in [-0.15, -0.1) is 0 Å². The summed E-state index contributed by atoms with van der Waals surface area (Å²) in [4.78, 5) is 10.7. The van der Waals surface area contributed by atoms with Crippen molar-refractivity contribution in [3.8, 4) is 5.75 Å². The van der Waals surface area contributed by atoms with E-state index in [2.05, 4.69) is 0 Å². The summed E-state index contributed by atoms with van der Waals surface area (Å²) in [7, 11) is -3.88. The number of hydrogen-bond donors (Lipinski definition) is 1. The number of anilines is 1. The lowest BCUT2D eigenvalue weighted by molar-refractivity contribution is -0.137. The van der Waals surface area contributed by atoms with E-state index in [4.69, 9.17) is 14.3 Å². The predicted molar refractivity (Wildman–Crippen MR) is 117 cm³/mol. The maximum Gasteiger partial charge on any atom is 0.303 e. The van der Waals surface area contributed by atoms with Gasteiger partial charge in [0.2, 0.25) is 0 Å². The van der Waals surface area contributed by atoms with Gasteiger partial charge in [-0.1, -0.05) is 17.7 Å². The van der Waals surface area contributed by atoms with Crippen molar-refractivity contribution in [1.29, 1.82) is 0 Å². The van der Waals surface area contributed by atoms with Crippen molar-refractivity contribution in [1.82, 2.24) is 0 Å². The van der Waals surface area contributed by atoms with Gasteiger partial charge in [0.25, 0.3) is 10.0 Å². The van der Waals surface area contributed by atoms with E-state index >= 15 is 0 Å². The molecule has 0 amide bonds. The summed E-state index contributed by atoms with van der Waals surface area (Å²) in [6, 6.07) is 15.4. The van der Waals surface area contributed by atoms with Crippen LogP contribution >= 0.6 is 0 Å². The quantitative estimate of drug-likeness (QED) is 0.462. The van der Waals surface area contributed by atoms with E-state index in [0.717, 1.165) is 5.56 Å². The molecule has 0 aliphatic rings. The first-order chi connectivity index (χ1) is 14.8. The molecule has 164 valence electrons. The van der Waals surface area contributed by atoms with E-state index in [9.17, 15) is 13.2 Å². The maximum atomic E-state index is 13.5. The lowest BCUT2D eigenvalue weighted by atomic mass is 10.2. The fourth-order valence-electron chi connectivity index (χ4n) is 3.05. The maximum absolute atomic E-state index is 13.5. The number of sulfonamides is 1. The zero-order valence-corrected chi connectivity index (χ0v) is 18.3. The fourth-order valence-corrected chi connectivity index (χ4v) is 4.56. The third-order valence-electron chi connectivity index (χ3n) is 4.73. The normalized spacial score (nSPS) is 11.3. The van der Waals surface area contributed by atoms with Crippen molar-refractivity contribution < 1.29 is 27.5 Å². The lowest BCUT2D eigenvalue weighted by Gasteiger charge is -2.24. The molecule has 0 fully saturated rings. The summed E-state index contributed by atoms with van der Waals surface area (Å²) in [5.41, 5.74) is 2.21. The van der Waals surface area contributed by atoms with Crippen molar-refractivity contribution >= 4 is 21.7 Å². The molecule has 0 radical (unpaired) electrons. The van der Waals surface area contributed by atoms with Gasteiger partial charge in [-0.05, 0) is 68.3 Å². The zero-order chi connectivity index (χ0) is 22.4. The number of nitrogens with zero attached hydrogens (tertiary/aromatic N) is 1. The van der Waals surface area contributed by atoms with Crippen molar-refractivity contribution in [2.24, 2.45) is 0 Å². The van der Waals surface area contributed by atoms with Crippen LogP contribution in [-0.2, 0) is 21.4 Å². The molecule has 3 aromatic rings. The van der Waals surface area contributed by atoms with Crippen LogP contribution < -0.4 is 9.04 Å². The minimum Gasteiger partial charge on any atom is -0.493 e. The largest absolute Gasteiger partial charge is 0.493 e. The summed E-state index contributed by atoms with van der Waals surface area (Å²) >= 11 is 0. The molecule has 8 heteroatoms. The monoisotopic (exact) mass is 443 g/mol. The molecule has 0 aliphatic carbocycles. The Hall–Kier alpha value is -3.26. The molecular formula is C23H25NO6S. The van der Waals surface area contributed by atoms with E-state index in [-0.39, 0.29) is 24.5 Å². The number of aliphatic carboxylic acids is 1. The summed E-state index contributed by atoms with van der Waals surface area (Å²) in [5, 5.41) is 8.71. The molecule has 31 heavy (non-hydrogen) atoms. The number of benzene rings is 2. The number of carboxylic acids is 1. The number of carboxylic acid groups (broad SMARTS) is 1. The van der Waals surface area contributed by atoms with Crippen LogP contribution in [0.25, 0.3) is 0 Å². The molecule has 0 saturated carbocycles. The number of furan rings is 1. The Kier molecular flexibility index (Phi) is 7.02. The molecule has 1 N–H and O–H groups in total. The third-order valence-corrected chi connectivity index (χ3v) is 6.50. The highest BCUT2D eigenvalue weighted by Gasteiger charge is 2.26. The van der Waals surface area contributed by atoms with Crippen LogP contribution in [0.2, 0.25) is 0 Å². The molecule has 1 heterocycles. The van der Waals surface area contributed by atoms with Crippen LogP contribution in [0, 0.1) is 13.8 Å².